The van der Waals surface area contributed by atoms with Gasteiger partial charge >= 0.3 is 0 Å². The van der Waals surface area contributed by atoms with Crippen LogP contribution in [0.4, 0.5) is 14.5 Å². The summed E-state index contributed by atoms with van der Waals surface area (Å²) in [5.41, 5.74) is 8.19. The summed E-state index contributed by atoms with van der Waals surface area (Å²) in [6, 6.07) is 11.3. The number of nitrogens with two attached hydrogens (primary N) is 1. The van der Waals surface area contributed by atoms with Crippen LogP contribution >= 0.6 is 0 Å². The van der Waals surface area contributed by atoms with Crippen LogP contribution in [-0.2, 0) is 13.1 Å². The fourth-order valence-electron chi connectivity index (χ4n) is 2.37. The Kier molecular flexibility index (Phi) is 5.28. The van der Waals surface area contributed by atoms with E-state index < -0.39 is 11.6 Å². The molecule has 0 saturated heterocycles. The van der Waals surface area contributed by atoms with Crippen molar-refractivity contribution in [3.8, 4) is 0 Å². The van der Waals surface area contributed by atoms with Gasteiger partial charge in [-0.25, -0.2) is 8.78 Å². The van der Waals surface area contributed by atoms with Gasteiger partial charge in [-0.15, -0.1) is 0 Å². The molecule has 0 saturated carbocycles. The van der Waals surface area contributed by atoms with E-state index in [9.17, 15) is 8.78 Å². The van der Waals surface area contributed by atoms with Gasteiger partial charge in [-0.05, 0) is 48.4 Å². The number of halogens is 2. The minimum atomic E-state index is -0.533. The lowest BCUT2D eigenvalue weighted by Gasteiger charge is -2.22. The summed E-state index contributed by atoms with van der Waals surface area (Å²) in [5.74, 6) is -1.07. The normalized spacial score (nSPS) is 11.0. The molecule has 0 amide bonds. The van der Waals surface area contributed by atoms with E-state index >= 15 is 0 Å². The van der Waals surface area contributed by atoms with Crippen molar-refractivity contribution in [1.29, 1.82) is 0 Å². The van der Waals surface area contributed by atoms with Gasteiger partial charge in [-0.2, -0.15) is 0 Å². The topological polar surface area (TPSA) is 29.3 Å². The number of rotatable bonds is 6. The average Bonchev–Trinajstić information content (AvgIpc) is 2.40. The first-order valence-electron chi connectivity index (χ1n) is 7.08. The van der Waals surface area contributed by atoms with Crippen LogP contribution in [0.3, 0.4) is 0 Å². The van der Waals surface area contributed by atoms with Gasteiger partial charge in [-0.1, -0.05) is 19.1 Å². The number of nitrogens with zero attached hydrogens (tertiary/aromatic N) is 1. The van der Waals surface area contributed by atoms with Crippen LogP contribution in [0.5, 0.6) is 0 Å². The lowest BCUT2D eigenvalue weighted by atomic mass is 10.1. The number of nitrogen functional groups attached to an aromatic ring is 1. The van der Waals surface area contributed by atoms with Crippen molar-refractivity contribution in [3.63, 3.8) is 0 Å². The number of hydrogen-bond donors (Lipinski definition) is 1. The van der Waals surface area contributed by atoms with E-state index in [1.807, 2.05) is 24.3 Å². The van der Waals surface area contributed by atoms with Gasteiger partial charge < -0.3 is 5.73 Å². The summed E-state index contributed by atoms with van der Waals surface area (Å²) in [7, 11) is 0. The minimum absolute atomic E-state index is 0.521. The third-order valence-corrected chi connectivity index (χ3v) is 3.25. The zero-order chi connectivity index (χ0) is 15.2. The van der Waals surface area contributed by atoms with Gasteiger partial charge in [0.1, 0.15) is 11.6 Å². The van der Waals surface area contributed by atoms with Gasteiger partial charge in [0.05, 0.1) is 0 Å². The zero-order valence-corrected chi connectivity index (χ0v) is 12.2. The minimum Gasteiger partial charge on any atom is -0.399 e. The second-order valence-corrected chi connectivity index (χ2v) is 5.23. The molecule has 0 bridgehead atoms. The lowest BCUT2D eigenvalue weighted by Crippen LogP contribution is -2.23. The Balaban J connectivity index is 2.09. The molecule has 0 heterocycles. The van der Waals surface area contributed by atoms with Crippen molar-refractivity contribution >= 4 is 5.69 Å². The summed E-state index contributed by atoms with van der Waals surface area (Å²) in [6.07, 6.45) is 0.979. The molecule has 2 N–H and O–H groups in total. The van der Waals surface area contributed by atoms with E-state index in [2.05, 4.69) is 11.8 Å². The average molecular weight is 290 g/mol. The van der Waals surface area contributed by atoms with Crippen molar-refractivity contribution in [1.82, 2.24) is 4.90 Å². The van der Waals surface area contributed by atoms with E-state index in [0.717, 1.165) is 36.8 Å². The molecule has 0 aliphatic rings. The molecule has 0 atom stereocenters. The third-order valence-electron chi connectivity index (χ3n) is 3.25. The second-order valence-electron chi connectivity index (χ2n) is 5.23. The first-order chi connectivity index (χ1) is 10.1. The second kappa shape index (κ2) is 7.18. The van der Waals surface area contributed by atoms with Gasteiger partial charge in [0.25, 0.3) is 0 Å². The Morgan fingerprint density at radius 1 is 0.905 bits per heavy atom. The molecule has 0 aromatic heterocycles. The van der Waals surface area contributed by atoms with Gasteiger partial charge in [0, 0.05) is 24.8 Å². The maximum absolute atomic E-state index is 13.3. The maximum Gasteiger partial charge on any atom is 0.126 e. The molecule has 0 radical (unpaired) electrons. The fraction of sp³-hybridized carbons (Fsp3) is 0.294. The fourth-order valence-corrected chi connectivity index (χ4v) is 2.37. The van der Waals surface area contributed by atoms with Crippen LogP contribution in [0, 0.1) is 11.6 Å². The third kappa shape index (κ3) is 4.83. The monoisotopic (exact) mass is 290 g/mol. The summed E-state index contributed by atoms with van der Waals surface area (Å²) < 4.78 is 26.5. The zero-order valence-electron chi connectivity index (χ0n) is 12.2. The van der Waals surface area contributed by atoms with Crippen LogP contribution in [0.25, 0.3) is 0 Å². The summed E-state index contributed by atoms with van der Waals surface area (Å²) in [6.45, 7) is 4.20. The molecule has 21 heavy (non-hydrogen) atoms. The van der Waals surface area contributed by atoms with Crippen molar-refractivity contribution in [2.24, 2.45) is 0 Å². The van der Waals surface area contributed by atoms with Crippen molar-refractivity contribution in [3.05, 3.63) is 65.2 Å². The van der Waals surface area contributed by atoms with E-state index in [1.165, 1.54) is 12.1 Å². The van der Waals surface area contributed by atoms with Crippen LogP contribution in [-0.4, -0.2) is 11.4 Å². The molecule has 2 aromatic carbocycles. The molecule has 4 heteroatoms. The summed E-state index contributed by atoms with van der Waals surface area (Å²) in [5, 5.41) is 0. The quantitative estimate of drug-likeness (QED) is 0.816. The molecule has 2 nitrogen and oxygen atoms in total. The van der Waals surface area contributed by atoms with Gasteiger partial charge in [-0.3, -0.25) is 4.90 Å². The molecule has 112 valence electrons. The van der Waals surface area contributed by atoms with Crippen LogP contribution in [0.2, 0.25) is 0 Å². The van der Waals surface area contributed by atoms with Crippen LogP contribution < -0.4 is 5.73 Å². The maximum atomic E-state index is 13.3. The predicted molar refractivity (Wildman–Crippen MR) is 81.6 cm³/mol. The Labute approximate surface area is 124 Å². The van der Waals surface area contributed by atoms with E-state index in [1.54, 1.807) is 0 Å². The summed E-state index contributed by atoms with van der Waals surface area (Å²) >= 11 is 0. The highest BCUT2D eigenvalue weighted by Crippen LogP contribution is 2.14. The highest BCUT2D eigenvalue weighted by molar-refractivity contribution is 5.39. The SMILES string of the molecule is CCCN(Cc1ccc(N)cc1)Cc1cc(F)cc(F)c1. The Bertz CT molecular complexity index is 562. The van der Waals surface area contributed by atoms with E-state index in [4.69, 9.17) is 5.73 Å². The molecular formula is C17H20F2N2. The first kappa shape index (κ1) is 15.4. The van der Waals surface area contributed by atoms with Gasteiger partial charge in [0.15, 0.2) is 0 Å². The molecule has 0 aliphatic carbocycles. The van der Waals surface area contributed by atoms with Crippen molar-refractivity contribution < 1.29 is 8.78 Å². The molecule has 0 spiro atoms. The smallest absolute Gasteiger partial charge is 0.126 e. The highest BCUT2D eigenvalue weighted by atomic mass is 19.1. The largest absolute Gasteiger partial charge is 0.399 e. The molecular weight excluding hydrogens is 270 g/mol. The number of benzene rings is 2. The van der Waals surface area contributed by atoms with Crippen molar-refractivity contribution in [2.45, 2.75) is 26.4 Å². The first-order valence-corrected chi connectivity index (χ1v) is 7.08. The molecule has 0 unspecified atom stereocenters. The molecule has 0 aliphatic heterocycles. The van der Waals surface area contributed by atoms with Gasteiger partial charge in [0.2, 0.25) is 0 Å². The molecule has 2 rings (SSSR count). The number of anilines is 1. The standard InChI is InChI=1S/C17H20F2N2/c1-2-7-21(11-13-3-5-17(20)6-4-13)12-14-8-15(18)10-16(19)9-14/h3-6,8-10H,2,7,11-12,20H2,1H3. The van der Waals surface area contributed by atoms with Crippen molar-refractivity contribution in [2.75, 3.05) is 12.3 Å². The van der Waals surface area contributed by atoms with Crippen LogP contribution in [0.15, 0.2) is 42.5 Å². The number of hydrogen-bond acceptors (Lipinski definition) is 2. The summed E-state index contributed by atoms with van der Waals surface area (Å²) in [4.78, 5) is 2.17. The Hall–Kier alpha value is -1.94. The lowest BCUT2D eigenvalue weighted by molar-refractivity contribution is 0.256. The Morgan fingerprint density at radius 3 is 2.05 bits per heavy atom. The highest BCUT2D eigenvalue weighted by Gasteiger charge is 2.08. The predicted octanol–water partition coefficient (Wildman–Crippen LogP) is 3.96. The van der Waals surface area contributed by atoms with E-state index in [0.29, 0.717) is 12.1 Å². The molecule has 0 fully saturated rings. The van der Waals surface area contributed by atoms with E-state index in [-0.39, 0.29) is 0 Å². The Morgan fingerprint density at radius 2 is 1.48 bits per heavy atom. The molecule has 2 aromatic rings. The van der Waals surface area contributed by atoms with Crippen LogP contribution in [0.1, 0.15) is 24.5 Å².